The summed E-state index contributed by atoms with van der Waals surface area (Å²) < 4.78 is 5.31. The van der Waals surface area contributed by atoms with E-state index in [1.807, 2.05) is 6.07 Å². The fraction of sp³-hybridized carbons (Fsp3) is 0.632. The molecule has 3 nitrogen and oxygen atoms in total. The van der Waals surface area contributed by atoms with Crippen LogP contribution in [0.3, 0.4) is 0 Å². The van der Waals surface area contributed by atoms with Crippen LogP contribution in [0.25, 0.3) is 0 Å². The number of nitrogens with zero attached hydrogens (tertiary/aromatic N) is 1. The van der Waals surface area contributed by atoms with Crippen molar-refractivity contribution >= 4 is 5.91 Å². The maximum atomic E-state index is 12.9. The lowest BCUT2D eigenvalue weighted by Gasteiger charge is -2.38. The summed E-state index contributed by atoms with van der Waals surface area (Å²) in [7, 11) is 1.70. The first kappa shape index (κ1) is 15.4. The van der Waals surface area contributed by atoms with Crippen LogP contribution >= 0.6 is 0 Å². The largest absolute Gasteiger partial charge is 0.497 e. The highest BCUT2D eigenvalue weighted by Gasteiger charge is 2.34. The number of hydrogen-bond acceptors (Lipinski definition) is 2. The number of ether oxygens (including phenoxy) is 1. The van der Waals surface area contributed by atoms with Crippen LogP contribution in [0.15, 0.2) is 18.2 Å². The van der Waals surface area contributed by atoms with Gasteiger partial charge in [-0.2, -0.15) is 0 Å². The minimum absolute atomic E-state index is 0.171. The van der Waals surface area contributed by atoms with Crippen LogP contribution in [-0.2, 0) is 11.2 Å². The van der Waals surface area contributed by atoms with E-state index < -0.39 is 0 Å². The van der Waals surface area contributed by atoms with Gasteiger partial charge in [-0.05, 0) is 55.4 Å². The Labute approximate surface area is 133 Å². The summed E-state index contributed by atoms with van der Waals surface area (Å²) in [5.41, 5.74) is 2.60. The van der Waals surface area contributed by atoms with Crippen LogP contribution in [0.4, 0.5) is 0 Å². The van der Waals surface area contributed by atoms with E-state index >= 15 is 0 Å². The van der Waals surface area contributed by atoms with Crippen molar-refractivity contribution in [1.29, 1.82) is 0 Å². The fourth-order valence-corrected chi connectivity index (χ4v) is 4.16. The Kier molecular flexibility index (Phi) is 4.42. The second-order valence-electron chi connectivity index (χ2n) is 6.86. The summed E-state index contributed by atoms with van der Waals surface area (Å²) in [5.74, 6) is 2.02. The molecule has 1 aromatic rings. The fourth-order valence-electron chi connectivity index (χ4n) is 4.16. The third-order valence-corrected chi connectivity index (χ3v) is 5.67. The summed E-state index contributed by atoms with van der Waals surface area (Å²) in [6.45, 7) is 5.12. The zero-order valence-electron chi connectivity index (χ0n) is 14.0. The monoisotopic (exact) mass is 301 g/mol. The van der Waals surface area contributed by atoms with Crippen molar-refractivity contribution in [1.82, 2.24) is 4.90 Å². The van der Waals surface area contributed by atoms with Gasteiger partial charge in [-0.15, -0.1) is 0 Å². The maximum Gasteiger partial charge on any atom is 0.226 e. The van der Waals surface area contributed by atoms with E-state index in [4.69, 9.17) is 4.74 Å². The Hall–Kier alpha value is -1.51. The summed E-state index contributed by atoms with van der Waals surface area (Å²) in [6.07, 6.45) is 5.97. The molecule has 0 bridgehead atoms. The zero-order valence-corrected chi connectivity index (χ0v) is 14.0. The predicted octanol–water partition coefficient (Wildman–Crippen LogP) is 3.97. The van der Waals surface area contributed by atoms with E-state index in [0.29, 0.717) is 11.8 Å². The molecule has 1 aliphatic carbocycles. The second-order valence-corrected chi connectivity index (χ2v) is 6.86. The molecule has 2 aliphatic rings. The van der Waals surface area contributed by atoms with E-state index in [1.165, 1.54) is 36.8 Å². The van der Waals surface area contributed by atoms with Crippen LogP contribution in [0.2, 0.25) is 0 Å². The van der Waals surface area contributed by atoms with E-state index in [1.54, 1.807) is 7.11 Å². The van der Waals surface area contributed by atoms with Crippen molar-refractivity contribution in [3.05, 3.63) is 29.3 Å². The molecule has 0 aromatic heterocycles. The van der Waals surface area contributed by atoms with Crippen LogP contribution in [0.1, 0.15) is 56.7 Å². The number of carbonyl (C=O) groups is 1. The topological polar surface area (TPSA) is 29.5 Å². The Morgan fingerprint density at radius 3 is 2.73 bits per heavy atom. The average molecular weight is 301 g/mol. The Morgan fingerprint density at radius 1 is 1.32 bits per heavy atom. The lowest BCUT2D eigenvalue weighted by Crippen LogP contribution is -2.43. The third-order valence-electron chi connectivity index (χ3n) is 5.67. The molecule has 1 aliphatic heterocycles. The highest BCUT2D eigenvalue weighted by molar-refractivity contribution is 5.79. The number of fused-ring (bicyclic) bond motifs is 1. The number of hydrogen-bond donors (Lipinski definition) is 0. The van der Waals surface area contributed by atoms with Crippen LogP contribution < -0.4 is 4.74 Å². The Bertz CT molecular complexity index is 548. The molecule has 0 spiro atoms. The van der Waals surface area contributed by atoms with Gasteiger partial charge >= 0.3 is 0 Å². The van der Waals surface area contributed by atoms with Gasteiger partial charge < -0.3 is 9.64 Å². The number of methoxy groups -OCH3 is 1. The van der Waals surface area contributed by atoms with Gasteiger partial charge in [-0.1, -0.05) is 25.8 Å². The standard InChI is InChI=1S/C19H27NO2/c1-13(15-6-4-5-7-15)19(21)20-11-10-16-12-17(22-3)8-9-18(16)14(20)2/h8-9,12-15H,4-7,10-11H2,1-3H3. The van der Waals surface area contributed by atoms with Crippen molar-refractivity contribution in [2.24, 2.45) is 11.8 Å². The molecular weight excluding hydrogens is 274 g/mol. The molecule has 2 unspecified atom stereocenters. The first-order valence-electron chi connectivity index (χ1n) is 8.59. The third kappa shape index (κ3) is 2.73. The summed E-state index contributed by atoms with van der Waals surface area (Å²) in [4.78, 5) is 15.0. The summed E-state index contributed by atoms with van der Waals surface area (Å²) in [5, 5.41) is 0. The van der Waals surface area contributed by atoms with Crippen molar-refractivity contribution in [2.45, 2.75) is 52.0 Å². The molecule has 0 radical (unpaired) electrons. The number of rotatable bonds is 3. The van der Waals surface area contributed by atoms with Crippen molar-refractivity contribution in [2.75, 3.05) is 13.7 Å². The van der Waals surface area contributed by atoms with Gasteiger partial charge in [-0.3, -0.25) is 4.79 Å². The summed E-state index contributed by atoms with van der Waals surface area (Å²) in [6, 6.07) is 6.42. The summed E-state index contributed by atoms with van der Waals surface area (Å²) >= 11 is 0. The molecule has 1 fully saturated rings. The molecule has 1 aromatic carbocycles. The van der Waals surface area contributed by atoms with Crippen LogP contribution in [0, 0.1) is 11.8 Å². The highest BCUT2D eigenvalue weighted by atomic mass is 16.5. The SMILES string of the molecule is COc1ccc2c(c1)CCN(C(=O)C(C)C1CCCC1)C2C. The smallest absolute Gasteiger partial charge is 0.226 e. The lowest BCUT2D eigenvalue weighted by molar-refractivity contribution is -0.139. The minimum Gasteiger partial charge on any atom is -0.497 e. The molecule has 0 N–H and O–H groups in total. The van der Waals surface area contributed by atoms with Gasteiger partial charge in [0.25, 0.3) is 0 Å². The number of amides is 1. The zero-order chi connectivity index (χ0) is 15.7. The molecule has 2 atom stereocenters. The lowest BCUT2D eigenvalue weighted by atomic mass is 9.88. The van der Waals surface area contributed by atoms with Gasteiger partial charge in [-0.25, -0.2) is 0 Å². The normalized spacial score (nSPS) is 23.2. The Morgan fingerprint density at radius 2 is 2.05 bits per heavy atom. The first-order valence-corrected chi connectivity index (χ1v) is 8.59. The van der Waals surface area contributed by atoms with Crippen molar-refractivity contribution in [3.8, 4) is 5.75 Å². The van der Waals surface area contributed by atoms with Crippen molar-refractivity contribution < 1.29 is 9.53 Å². The van der Waals surface area contributed by atoms with E-state index in [9.17, 15) is 4.79 Å². The van der Waals surface area contributed by atoms with Crippen molar-refractivity contribution in [3.63, 3.8) is 0 Å². The quantitative estimate of drug-likeness (QED) is 0.845. The van der Waals surface area contributed by atoms with Gasteiger partial charge in [0.1, 0.15) is 5.75 Å². The second kappa shape index (κ2) is 6.31. The minimum atomic E-state index is 0.171. The average Bonchev–Trinajstić information content (AvgIpc) is 3.08. The molecule has 1 saturated carbocycles. The molecular formula is C19H27NO2. The maximum absolute atomic E-state index is 12.9. The van der Waals surface area contributed by atoms with E-state index in [0.717, 1.165) is 18.7 Å². The molecule has 1 heterocycles. The highest BCUT2D eigenvalue weighted by Crippen LogP contribution is 2.36. The van der Waals surface area contributed by atoms with Gasteiger partial charge in [0.05, 0.1) is 13.2 Å². The molecule has 120 valence electrons. The molecule has 1 amide bonds. The Balaban J connectivity index is 1.77. The molecule has 3 heteroatoms. The van der Waals surface area contributed by atoms with Gasteiger partial charge in [0.15, 0.2) is 0 Å². The number of benzene rings is 1. The number of carbonyl (C=O) groups excluding carboxylic acids is 1. The first-order chi connectivity index (χ1) is 10.6. The predicted molar refractivity (Wildman–Crippen MR) is 87.9 cm³/mol. The molecule has 3 rings (SSSR count). The van der Waals surface area contributed by atoms with Gasteiger partial charge in [0.2, 0.25) is 5.91 Å². The van der Waals surface area contributed by atoms with Crippen LogP contribution in [0.5, 0.6) is 5.75 Å². The van der Waals surface area contributed by atoms with Crippen LogP contribution in [-0.4, -0.2) is 24.5 Å². The molecule has 0 saturated heterocycles. The van der Waals surface area contributed by atoms with Gasteiger partial charge in [0, 0.05) is 12.5 Å². The van der Waals surface area contributed by atoms with E-state index in [2.05, 4.69) is 30.9 Å². The molecule has 22 heavy (non-hydrogen) atoms. The van der Waals surface area contributed by atoms with E-state index in [-0.39, 0.29) is 12.0 Å².